The third-order valence-corrected chi connectivity index (χ3v) is 4.05. The van der Waals surface area contributed by atoms with Gasteiger partial charge in [-0.2, -0.15) is 4.98 Å². The lowest BCUT2D eigenvalue weighted by Gasteiger charge is -2.34. The molecule has 1 heterocycles. The Morgan fingerprint density at radius 3 is 2.68 bits per heavy atom. The molecule has 3 rings (SSSR count). The van der Waals surface area contributed by atoms with Gasteiger partial charge in [-0.1, -0.05) is 5.16 Å². The van der Waals surface area contributed by atoms with Crippen molar-refractivity contribution in [3.05, 3.63) is 39.6 Å². The predicted octanol–water partition coefficient (Wildman–Crippen LogP) is 2.59. The molecule has 6 heteroatoms. The number of hydrogen-bond acceptors (Lipinski definition) is 5. The number of ether oxygens (including phenoxy) is 1. The van der Waals surface area contributed by atoms with Gasteiger partial charge in [-0.25, -0.2) is 0 Å². The molecule has 2 N–H and O–H groups in total. The van der Waals surface area contributed by atoms with E-state index in [0.717, 1.165) is 25.0 Å². The molecule has 2 aromatic rings. The summed E-state index contributed by atoms with van der Waals surface area (Å²) in [7, 11) is 0. The third-order valence-electron chi connectivity index (χ3n) is 3.34. The Labute approximate surface area is 124 Å². The Bertz CT molecular complexity index is 564. The minimum Gasteiger partial charge on any atom is -0.484 e. The fourth-order valence-electron chi connectivity index (χ4n) is 1.97. The summed E-state index contributed by atoms with van der Waals surface area (Å²) >= 11 is 2.25. The van der Waals surface area contributed by atoms with Crippen LogP contribution in [0, 0.1) is 3.57 Å². The number of nitrogens with two attached hydrogens (primary N) is 1. The molecule has 1 aliphatic rings. The molecular formula is C13H14IN3O2. The third kappa shape index (κ3) is 2.74. The lowest BCUT2D eigenvalue weighted by Crippen LogP contribution is -2.44. The van der Waals surface area contributed by atoms with Crippen LogP contribution in [0.5, 0.6) is 5.75 Å². The summed E-state index contributed by atoms with van der Waals surface area (Å²) < 4.78 is 11.9. The fourth-order valence-corrected chi connectivity index (χ4v) is 2.33. The van der Waals surface area contributed by atoms with E-state index in [0.29, 0.717) is 11.7 Å². The Morgan fingerprint density at radius 2 is 2.05 bits per heavy atom. The molecule has 0 radical (unpaired) electrons. The first-order valence-electron chi connectivity index (χ1n) is 6.16. The van der Waals surface area contributed by atoms with E-state index in [1.54, 1.807) is 0 Å². The summed E-state index contributed by atoms with van der Waals surface area (Å²) in [6.07, 6.45) is 2.97. The molecule has 0 atom stereocenters. The van der Waals surface area contributed by atoms with Crippen molar-refractivity contribution in [3.8, 4) is 5.75 Å². The van der Waals surface area contributed by atoms with E-state index in [9.17, 15) is 0 Å². The topological polar surface area (TPSA) is 74.2 Å². The largest absolute Gasteiger partial charge is 0.484 e. The van der Waals surface area contributed by atoms with Crippen LogP contribution in [0.25, 0.3) is 0 Å². The number of benzene rings is 1. The van der Waals surface area contributed by atoms with Crippen molar-refractivity contribution >= 4 is 22.6 Å². The molecule has 0 unspecified atom stereocenters. The van der Waals surface area contributed by atoms with Crippen LogP contribution in [-0.4, -0.2) is 10.1 Å². The summed E-state index contributed by atoms with van der Waals surface area (Å²) in [5.41, 5.74) is 5.75. The maximum Gasteiger partial charge on any atom is 0.264 e. The number of aromatic nitrogens is 2. The second-order valence-corrected chi connectivity index (χ2v) is 6.01. The Hall–Kier alpha value is -1.15. The van der Waals surface area contributed by atoms with Crippen LogP contribution in [0.1, 0.15) is 31.0 Å². The Balaban J connectivity index is 1.63. The Morgan fingerprint density at radius 1 is 1.32 bits per heavy atom. The van der Waals surface area contributed by atoms with E-state index in [-0.39, 0.29) is 12.1 Å². The van der Waals surface area contributed by atoms with Crippen LogP contribution in [0.4, 0.5) is 0 Å². The van der Waals surface area contributed by atoms with Gasteiger partial charge in [-0.05, 0) is 66.1 Å². The zero-order valence-corrected chi connectivity index (χ0v) is 12.5. The van der Waals surface area contributed by atoms with Crippen LogP contribution in [0.15, 0.2) is 28.8 Å². The summed E-state index contributed by atoms with van der Waals surface area (Å²) in [6, 6.07) is 7.79. The maximum absolute atomic E-state index is 6.13. The van der Waals surface area contributed by atoms with Gasteiger partial charge in [0, 0.05) is 3.57 Å². The van der Waals surface area contributed by atoms with Gasteiger partial charge in [0.1, 0.15) is 5.75 Å². The molecule has 100 valence electrons. The maximum atomic E-state index is 6.13. The van der Waals surface area contributed by atoms with Gasteiger partial charge < -0.3 is 15.0 Å². The van der Waals surface area contributed by atoms with Crippen molar-refractivity contribution in [1.29, 1.82) is 0 Å². The summed E-state index contributed by atoms with van der Waals surface area (Å²) in [5.74, 6) is 1.84. The van der Waals surface area contributed by atoms with Crippen molar-refractivity contribution in [1.82, 2.24) is 10.1 Å². The highest BCUT2D eigenvalue weighted by Gasteiger charge is 2.38. The normalized spacial score (nSPS) is 16.9. The molecule has 0 bridgehead atoms. The molecule has 0 saturated heterocycles. The van der Waals surface area contributed by atoms with Crippen LogP contribution in [-0.2, 0) is 12.1 Å². The van der Waals surface area contributed by atoms with Crippen molar-refractivity contribution in [2.24, 2.45) is 5.73 Å². The minimum absolute atomic E-state index is 0.268. The molecule has 0 aliphatic heterocycles. The monoisotopic (exact) mass is 371 g/mol. The van der Waals surface area contributed by atoms with Crippen LogP contribution >= 0.6 is 22.6 Å². The van der Waals surface area contributed by atoms with Gasteiger partial charge >= 0.3 is 0 Å². The number of hydrogen-bond donors (Lipinski definition) is 1. The summed E-state index contributed by atoms with van der Waals surface area (Å²) in [4.78, 5) is 4.31. The highest BCUT2D eigenvalue weighted by molar-refractivity contribution is 14.1. The molecule has 1 fully saturated rings. The fraction of sp³-hybridized carbons (Fsp3) is 0.385. The van der Waals surface area contributed by atoms with Gasteiger partial charge in [0.25, 0.3) is 5.89 Å². The van der Waals surface area contributed by atoms with Crippen LogP contribution < -0.4 is 10.5 Å². The first kappa shape index (κ1) is 12.9. The average Bonchev–Trinajstić information content (AvgIpc) is 2.84. The molecule has 1 saturated carbocycles. The molecule has 1 aromatic carbocycles. The summed E-state index contributed by atoms with van der Waals surface area (Å²) in [6.45, 7) is 0.268. The predicted molar refractivity (Wildman–Crippen MR) is 77.5 cm³/mol. The molecule has 0 amide bonds. The zero-order valence-electron chi connectivity index (χ0n) is 10.3. The van der Waals surface area contributed by atoms with E-state index in [1.165, 1.54) is 3.57 Å². The van der Waals surface area contributed by atoms with Gasteiger partial charge in [-0.15, -0.1) is 0 Å². The molecule has 5 nitrogen and oxygen atoms in total. The van der Waals surface area contributed by atoms with Crippen molar-refractivity contribution < 1.29 is 9.26 Å². The Kier molecular flexibility index (Phi) is 3.44. The zero-order chi connectivity index (χ0) is 13.3. The number of rotatable bonds is 4. The lowest BCUT2D eigenvalue weighted by atomic mass is 9.77. The highest BCUT2D eigenvalue weighted by Crippen LogP contribution is 2.36. The smallest absolute Gasteiger partial charge is 0.264 e. The second kappa shape index (κ2) is 5.09. The second-order valence-electron chi connectivity index (χ2n) is 4.76. The van der Waals surface area contributed by atoms with Crippen LogP contribution in [0.2, 0.25) is 0 Å². The first-order chi connectivity index (χ1) is 9.16. The van der Waals surface area contributed by atoms with E-state index in [2.05, 4.69) is 32.7 Å². The standard InChI is InChI=1S/C13H14IN3O2/c14-9-2-4-10(5-3-9)18-8-11-16-12(17-19-11)13(15)6-1-7-13/h2-5H,1,6-8,15H2. The molecule has 1 aliphatic carbocycles. The van der Waals surface area contributed by atoms with E-state index in [1.807, 2.05) is 24.3 Å². The quantitative estimate of drug-likeness (QED) is 0.837. The van der Waals surface area contributed by atoms with Crippen molar-refractivity contribution in [2.75, 3.05) is 0 Å². The molecule has 19 heavy (non-hydrogen) atoms. The van der Waals surface area contributed by atoms with E-state index < -0.39 is 0 Å². The van der Waals surface area contributed by atoms with E-state index in [4.69, 9.17) is 15.0 Å². The highest BCUT2D eigenvalue weighted by atomic mass is 127. The minimum atomic E-state index is -0.384. The van der Waals surface area contributed by atoms with Gasteiger partial charge in [0.15, 0.2) is 12.4 Å². The molecule has 1 aromatic heterocycles. The van der Waals surface area contributed by atoms with Crippen molar-refractivity contribution in [2.45, 2.75) is 31.4 Å². The number of halogens is 1. The van der Waals surface area contributed by atoms with Gasteiger partial charge in [0.05, 0.1) is 5.54 Å². The SMILES string of the molecule is NC1(c2noc(COc3ccc(I)cc3)n2)CCC1. The lowest BCUT2D eigenvalue weighted by molar-refractivity contribution is 0.223. The van der Waals surface area contributed by atoms with E-state index >= 15 is 0 Å². The summed E-state index contributed by atoms with van der Waals surface area (Å²) in [5, 5.41) is 3.94. The molecule has 0 spiro atoms. The first-order valence-corrected chi connectivity index (χ1v) is 7.24. The molecular weight excluding hydrogens is 357 g/mol. The van der Waals surface area contributed by atoms with Gasteiger partial charge in [-0.3, -0.25) is 0 Å². The average molecular weight is 371 g/mol. The number of nitrogens with zero attached hydrogens (tertiary/aromatic N) is 2. The van der Waals surface area contributed by atoms with Crippen LogP contribution in [0.3, 0.4) is 0 Å². The van der Waals surface area contributed by atoms with Gasteiger partial charge in [0.2, 0.25) is 0 Å². The van der Waals surface area contributed by atoms with Crippen molar-refractivity contribution in [3.63, 3.8) is 0 Å².